The van der Waals surface area contributed by atoms with Gasteiger partial charge in [-0.05, 0) is 33.6 Å². The summed E-state index contributed by atoms with van der Waals surface area (Å²) in [5, 5.41) is 3.31. The predicted octanol–water partition coefficient (Wildman–Crippen LogP) is 3.05. The standard InChI is InChI=1S/C15H27N3O2/c1-6-8-16-13-12(7-2)14(18-11-17-13)19-9-10-20-15(3,4)5/h11H,6-10H2,1-5H3,(H,16,17,18). The molecule has 1 aromatic rings. The molecule has 0 bridgehead atoms. The van der Waals surface area contributed by atoms with Gasteiger partial charge in [0.1, 0.15) is 18.8 Å². The van der Waals surface area contributed by atoms with E-state index in [1.54, 1.807) is 0 Å². The van der Waals surface area contributed by atoms with Crippen LogP contribution in [0.15, 0.2) is 6.33 Å². The molecule has 0 aliphatic heterocycles. The number of hydrogen-bond donors (Lipinski definition) is 1. The molecule has 0 unspecified atom stereocenters. The highest BCUT2D eigenvalue weighted by molar-refractivity contribution is 5.48. The average molecular weight is 281 g/mol. The Balaban J connectivity index is 2.60. The van der Waals surface area contributed by atoms with E-state index in [1.807, 2.05) is 20.8 Å². The zero-order chi connectivity index (χ0) is 15.0. The van der Waals surface area contributed by atoms with Gasteiger partial charge in [-0.3, -0.25) is 0 Å². The lowest BCUT2D eigenvalue weighted by Crippen LogP contribution is -2.22. The first kappa shape index (κ1) is 16.7. The van der Waals surface area contributed by atoms with Crippen molar-refractivity contribution in [1.82, 2.24) is 9.97 Å². The maximum atomic E-state index is 5.73. The molecule has 0 aliphatic rings. The third-order valence-electron chi connectivity index (χ3n) is 2.66. The fourth-order valence-electron chi connectivity index (χ4n) is 1.72. The van der Waals surface area contributed by atoms with Crippen LogP contribution in [0.25, 0.3) is 0 Å². The smallest absolute Gasteiger partial charge is 0.221 e. The molecule has 0 spiro atoms. The van der Waals surface area contributed by atoms with Crippen molar-refractivity contribution < 1.29 is 9.47 Å². The SMILES string of the molecule is CCCNc1ncnc(OCCOC(C)(C)C)c1CC. The van der Waals surface area contributed by atoms with Crippen molar-refractivity contribution in [2.45, 2.75) is 53.1 Å². The molecule has 114 valence electrons. The largest absolute Gasteiger partial charge is 0.475 e. The van der Waals surface area contributed by atoms with Gasteiger partial charge in [-0.1, -0.05) is 13.8 Å². The van der Waals surface area contributed by atoms with Gasteiger partial charge in [0.2, 0.25) is 5.88 Å². The predicted molar refractivity (Wildman–Crippen MR) is 81.4 cm³/mol. The summed E-state index contributed by atoms with van der Waals surface area (Å²) in [6, 6.07) is 0. The molecular formula is C15H27N3O2. The molecule has 1 N–H and O–H groups in total. The highest BCUT2D eigenvalue weighted by atomic mass is 16.5. The Bertz CT molecular complexity index is 403. The molecule has 0 saturated heterocycles. The van der Waals surface area contributed by atoms with Crippen molar-refractivity contribution in [2.75, 3.05) is 25.1 Å². The summed E-state index contributed by atoms with van der Waals surface area (Å²) in [4.78, 5) is 8.51. The van der Waals surface area contributed by atoms with Crippen molar-refractivity contribution in [3.8, 4) is 5.88 Å². The van der Waals surface area contributed by atoms with Gasteiger partial charge in [-0.15, -0.1) is 0 Å². The maximum absolute atomic E-state index is 5.73. The van der Waals surface area contributed by atoms with E-state index in [9.17, 15) is 0 Å². The fourth-order valence-corrected chi connectivity index (χ4v) is 1.72. The average Bonchev–Trinajstić information content (AvgIpc) is 2.40. The van der Waals surface area contributed by atoms with E-state index in [2.05, 4.69) is 29.1 Å². The second kappa shape index (κ2) is 8.04. The second-order valence-electron chi connectivity index (χ2n) is 5.60. The van der Waals surface area contributed by atoms with E-state index in [-0.39, 0.29) is 5.60 Å². The number of anilines is 1. The molecule has 0 amide bonds. The van der Waals surface area contributed by atoms with Gasteiger partial charge in [-0.25, -0.2) is 9.97 Å². The number of ether oxygens (including phenoxy) is 2. The van der Waals surface area contributed by atoms with Gasteiger partial charge in [0.25, 0.3) is 0 Å². The quantitative estimate of drug-likeness (QED) is 0.742. The lowest BCUT2D eigenvalue weighted by Gasteiger charge is -2.20. The number of aromatic nitrogens is 2. The highest BCUT2D eigenvalue weighted by Gasteiger charge is 2.12. The van der Waals surface area contributed by atoms with Crippen LogP contribution in [-0.2, 0) is 11.2 Å². The molecule has 1 aromatic heterocycles. The van der Waals surface area contributed by atoms with Gasteiger partial charge in [-0.2, -0.15) is 0 Å². The summed E-state index contributed by atoms with van der Waals surface area (Å²) >= 11 is 0. The van der Waals surface area contributed by atoms with Crippen LogP contribution in [-0.4, -0.2) is 35.3 Å². The number of nitrogens with one attached hydrogen (secondary N) is 1. The monoisotopic (exact) mass is 281 g/mol. The van der Waals surface area contributed by atoms with Crippen molar-refractivity contribution in [1.29, 1.82) is 0 Å². The molecule has 5 heteroatoms. The van der Waals surface area contributed by atoms with E-state index < -0.39 is 0 Å². The Morgan fingerprint density at radius 3 is 2.50 bits per heavy atom. The van der Waals surface area contributed by atoms with Gasteiger partial charge in [0.15, 0.2) is 0 Å². The van der Waals surface area contributed by atoms with E-state index in [0.717, 1.165) is 30.8 Å². The summed E-state index contributed by atoms with van der Waals surface area (Å²) in [6.45, 7) is 12.2. The molecule has 5 nitrogen and oxygen atoms in total. The molecule has 0 saturated carbocycles. The van der Waals surface area contributed by atoms with Crippen LogP contribution in [0.4, 0.5) is 5.82 Å². The summed E-state index contributed by atoms with van der Waals surface area (Å²) < 4.78 is 11.4. The molecular weight excluding hydrogens is 254 g/mol. The number of nitrogens with zero attached hydrogens (tertiary/aromatic N) is 2. The normalized spacial score (nSPS) is 11.4. The van der Waals surface area contributed by atoms with Gasteiger partial charge >= 0.3 is 0 Å². The fraction of sp³-hybridized carbons (Fsp3) is 0.733. The lowest BCUT2D eigenvalue weighted by atomic mass is 10.2. The lowest BCUT2D eigenvalue weighted by molar-refractivity contribution is -0.0169. The van der Waals surface area contributed by atoms with Crippen LogP contribution < -0.4 is 10.1 Å². The molecule has 0 fully saturated rings. The third kappa shape index (κ3) is 5.74. The molecule has 1 rings (SSSR count). The van der Waals surface area contributed by atoms with Crippen LogP contribution in [0.1, 0.15) is 46.6 Å². The van der Waals surface area contributed by atoms with Gasteiger partial charge < -0.3 is 14.8 Å². The Labute approximate surface area is 122 Å². The Morgan fingerprint density at radius 1 is 1.15 bits per heavy atom. The summed E-state index contributed by atoms with van der Waals surface area (Å²) in [5.41, 5.74) is 0.882. The van der Waals surface area contributed by atoms with Crippen LogP contribution in [0.5, 0.6) is 5.88 Å². The van der Waals surface area contributed by atoms with Crippen molar-refractivity contribution >= 4 is 5.82 Å². The highest BCUT2D eigenvalue weighted by Crippen LogP contribution is 2.22. The minimum absolute atomic E-state index is 0.142. The van der Waals surface area contributed by atoms with Crippen LogP contribution in [0, 0.1) is 0 Å². The summed E-state index contributed by atoms with van der Waals surface area (Å²) in [5.74, 6) is 1.52. The van der Waals surface area contributed by atoms with Crippen LogP contribution in [0.3, 0.4) is 0 Å². The van der Waals surface area contributed by atoms with Gasteiger partial charge in [0.05, 0.1) is 17.8 Å². The van der Waals surface area contributed by atoms with Crippen LogP contribution >= 0.6 is 0 Å². The van der Waals surface area contributed by atoms with Crippen molar-refractivity contribution in [3.05, 3.63) is 11.9 Å². The third-order valence-corrected chi connectivity index (χ3v) is 2.66. The van der Waals surface area contributed by atoms with E-state index in [1.165, 1.54) is 6.33 Å². The summed E-state index contributed by atoms with van der Waals surface area (Å²) in [6.07, 6.45) is 3.43. The molecule has 0 atom stereocenters. The molecule has 1 heterocycles. The Morgan fingerprint density at radius 2 is 1.90 bits per heavy atom. The van der Waals surface area contributed by atoms with E-state index in [4.69, 9.17) is 9.47 Å². The van der Waals surface area contributed by atoms with Crippen LogP contribution in [0.2, 0.25) is 0 Å². The minimum atomic E-state index is -0.142. The van der Waals surface area contributed by atoms with E-state index >= 15 is 0 Å². The Hall–Kier alpha value is -1.36. The zero-order valence-corrected chi connectivity index (χ0v) is 13.3. The first-order chi connectivity index (χ1) is 9.48. The second-order valence-corrected chi connectivity index (χ2v) is 5.60. The number of rotatable bonds is 8. The topological polar surface area (TPSA) is 56.3 Å². The van der Waals surface area contributed by atoms with Crippen molar-refractivity contribution in [2.24, 2.45) is 0 Å². The summed E-state index contributed by atoms with van der Waals surface area (Å²) in [7, 11) is 0. The first-order valence-electron chi connectivity index (χ1n) is 7.32. The molecule has 20 heavy (non-hydrogen) atoms. The Kier molecular flexibility index (Phi) is 6.71. The molecule has 0 radical (unpaired) electrons. The number of hydrogen-bond acceptors (Lipinski definition) is 5. The molecule has 0 aromatic carbocycles. The molecule has 0 aliphatic carbocycles. The first-order valence-corrected chi connectivity index (χ1v) is 7.32. The maximum Gasteiger partial charge on any atom is 0.221 e. The van der Waals surface area contributed by atoms with Gasteiger partial charge in [0, 0.05) is 6.54 Å². The minimum Gasteiger partial charge on any atom is -0.475 e. The van der Waals surface area contributed by atoms with E-state index in [0.29, 0.717) is 19.1 Å². The van der Waals surface area contributed by atoms with Crippen molar-refractivity contribution in [3.63, 3.8) is 0 Å². The zero-order valence-electron chi connectivity index (χ0n) is 13.3.